The van der Waals surface area contributed by atoms with Crippen LogP contribution in [-0.2, 0) is 19.1 Å². The van der Waals surface area contributed by atoms with Gasteiger partial charge in [0.05, 0.1) is 12.2 Å². The van der Waals surface area contributed by atoms with Crippen LogP contribution in [0.25, 0.3) is 0 Å². The monoisotopic (exact) mass is 228 g/mol. The first kappa shape index (κ1) is 13.2. The Labute approximate surface area is 96.3 Å². The predicted molar refractivity (Wildman–Crippen MR) is 59.0 cm³/mol. The Morgan fingerprint density at radius 3 is 2.75 bits per heavy atom. The van der Waals surface area contributed by atoms with Crippen LogP contribution in [0, 0.1) is 0 Å². The minimum Gasteiger partial charge on any atom is -0.460 e. The van der Waals surface area contributed by atoms with Gasteiger partial charge in [0.2, 0.25) is 0 Å². The summed E-state index contributed by atoms with van der Waals surface area (Å²) in [6, 6.07) is 0. The molecule has 92 valence electrons. The smallest absolute Gasteiger partial charge is 0.306 e. The molecule has 4 heteroatoms. The zero-order valence-corrected chi connectivity index (χ0v) is 10.2. The Bertz CT molecular complexity index is 262. The first-order chi connectivity index (χ1) is 7.49. The van der Waals surface area contributed by atoms with Crippen molar-refractivity contribution in [3.8, 4) is 0 Å². The molecule has 0 N–H and O–H groups in total. The highest BCUT2D eigenvalue weighted by molar-refractivity contribution is 5.75. The second-order valence-corrected chi connectivity index (χ2v) is 4.46. The zero-order valence-electron chi connectivity index (χ0n) is 10.2. The molecular formula is C12H20O4. The average molecular weight is 228 g/mol. The average Bonchev–Trinajstić information content (AvgIpc) is 2.62. The van der Waals surface area contributed by atoms with Crippen molar-refractivity contribution < 1.29 is 19.1 Å². The van der Waals surface area contributed by atoms with Crippen molar-refractivity contribution in [2.75, 3.05) is 0 Å². The van der Waals surface area contributed by atoms with Crippen LogP contribution < -0.4 is 0 Å². The molecule has 0 aromatic carbocycles. The van der Waals surface area contributed by atoms with Crippen molar-refractivity contribution >= 4 is 11.8 Å². The summed E-state index contributed by atoms with van der Waals surface area (Å²) in [5.41, 5.74) is 0. The summed E-state index contributed by atoms with van der Waals surface area (Å²) in [6.07, 6.45) is 2.30. The molecule has 0 aromatic rings. The normalized spacial score (nSPS) is 23.9. The van der Waals surface area contributed by atoms with E-state index in [4.69, 9.17) is 9.47 Å². The van der Waals surface area contributed by atoms with E-state index < -0.39 is 0 Å². The lowest BCUT2D eigenvalue weighted by molar-refractivity contribution is -0.148. The summed E-state index contributed by atoms with van der Waals surface area (Å²) >= 11 is 0. The minimum atomic E-state index is -0.142. The maximum Gasteiger partial charge on any atom is 0.306 e. The molecule has 3 unspecified atom stereocenters. The number of esters is 1. The molecular weight excluding hydrogens is 208 g/mol. The maximum absolute atomic E-state index is 10.9. The first-order valence-electron chi connectivity index (χ1n) is 5.83. The molecule has 1 aliphatic heterocycles. The molecule has 0 bridgehead atoms. The van der Waals surface area contributed by atoms with Gasteiger partial charge in [0, 0.05) is 12.8 Å². The van der Waals surface area contributed by atoms with Gasteiger partial charge in [0.25, 0.3) is 0 Å². The second kappa shape index (κ2) is 5.99. The SMILES string of the molecule is CC(=O)CCC(C)OC(C)C1CCC(=O)O1. The lowest BCUT2D eigenvalue weighted by Gasteiger charge is -2.22. The third-order valence-corrected chi connectivity index (χ3v) is 2.79. The summed E-state index contributed by atoms with van der Waals surface area (Å²) in [5.74, 6) is 0.0345. The number of carbonyl (C=O) groups excluding carboxylic acids is 2. The summed E-state index contributed by atoms with van der Waals surface area (Å²) in [6.45, 7) is 5.43. The van der Waals surface area contributed by atoms with Crippen LogP contribution in [0.5, 0.6) is 0 Å². The van der Waals surface area contributed by atoms with Gasteiger partial charge in [-0.15, -0.1) is 0 Å². The molecule has 16 heavy (non-hydrogen) atoms. The quantitative estimate of drug-likeness (QED) is 0.651. The van der Waals surface area contributed by atoms with E-state index in [0.717, 1.165) is 12.8 Å². The third kappa shape index (κ3) is 4.31. The molecule has 1 rings (SSSR count). The molecule has 0 saturated carbocycles. The van der Waals surface area contributed by atoms with Gasteiger partial charge in [-0.2, -0.15) is 0 Å². The first-order valence-corrected chi connectivity index (χ1v) is 5.83. The highest BCUT2D eigenvalue weighted by Crippen LogP contribution is 2.20. The topological polar surface area (TPSA) is 52.6 Å². The molecule has 1 aliphatic rings. The molecule has 3 atom stereocenters. The van der Waals surface area contributed by atoms with E-state index in [1.165, 1.54) is 0 Å². The number of carbonyl (C=O) groups is 2. The number of rotatable bonds is 6. The highest BCUT2D eigenvalue weighted by atomic mass is 16.6. The van der Waals surface area contributed by atoms with Crippen LogP contribution in [0.4, 0.5) is 0 Å². The molecule has 0 spiro atoms. The fraction of sp³-hybridized carbons (Fsp3) is 0.833. The van der Waals surface area contributed by atoms with Crippen LogP contribution in [0.15, 0.2) is 0 Å². The van der Waals surface area contributed by atoms with Crippen LogP contribution in [0.2, 0.25) is 0 Å². The molecule has 0 amide bonds. The summed E-state index contributed by atoms with van der Waals surface area (Å²) in [7, 11) is 0. The van der Waals surface area contributed by atoms with E-state index in [1.807, 2.05) is 13.8 Å². The number of Topliss-reactive ketones (excluding diaryl/α,β-unsaturated/α-hetero) is 1. The number of cyclic esters (lactones) is 1. The summed E-state index contributed by atoms with van der Waals surface area (Å²) in [4.78, 5) is 21.7. The standard InChI is InChI=1S/C12H20O4/c1-8(13)4-5-9(2)15-10(3)11-6-7-12(14)16-11/h9-11H,4-7H2,1-3H3. The zero-order chi connectivity index (χ0) is 12.1. The third-order valence-electron chi connectivity index (χ3n) is 2.79. The van der Waals surface area contributed by atoms with E-state index in [-0.39, 0.29) is 30.1 Å². The van der Waals surface area contributed by atoms with E-state index in [2.05, 4.69) is 0 Å². The molecule has 0 aliphatic carbocycles. The van der Waals surface area contributed by atoms with Gasteiger partial charge in [-0.25, -0.2) is 0 Å². The second-order valence-electron chi connectivity index (χ2n) is 4.46. The summed E-state index contributed by atoms with van der Waals surface area (Å²) < 4.78 is 10.8. The van der Waals surface area contributed by atoms with Crippen molar-refractivity contribution in [2.45, 2.75) is 64.8 Å². The van der Waals surface area contributed by atoms with Crippen LogP contribution >= 0.6 is 0 Å². The lowest BCUT2D eigenvalue weighted by atomic mass is 10.1. The lowest BCUT2D eigenvalue weighted by Crippen LogP contribution is -2.29. The van der Waals surface area contributed by atoms with Crippen LogP contribution in [-0.4, -0.2) is 30.1 Å². The van der Waals surface area contributed by atoms with Gasteiger partial charge < -0.3 is 14.3 Å². The number of hydrogen-bond donors (Lipinski definition) is 0. The minimum absolute atomic E-state index is 0.0261. The Hall–Kier alpha value is -0.900. The fourth-order valence-corrected chi connectivity index (χ4v) is 1.81. The van der Waals surface area contributed by atoms with Crippen LogP contribution in [0.1, 0.15) is 46.5 Å². The van der Waals surface area contributed by atoms with Crippen molar-refractivity contribution in [3.05, 3.63) is 0 Å². The van der Waals surface area contributed by atoms with Crippen molar-refractivity contribution in [1.29, 1.82) is 0 Å². The molecule has 1 saturated heterocycles. The predicted octanol–water partition coefficient (Wildman–Crippen LogP) is 1.85. The van der Waals surface area contributed by atoms with Crippen molar-refractivity contribution in [3.63, 3.8) is 0 Å². The van der Waals surface area contributed by atoms with E-state index >= 15 is 0 Å². The number of ether oxygens (including phenoxy) is 2. The van der Waals surface area contributed by atoms with Crippen molar-refractivity contribution in [1.82, 2.24) is 0 Å². The van der Waals surface area contributed by atoms with Gasteiger partial charge in [-0.3, -0.25) is 4.79 Å². The largest absolute Gasteiger partial charge is 0.460 e. The molecule has 1 heterocycles. The Kier molecular flexibility index (Phi) is 4.93. The van der Waals surface area contributed by atoms with Gasteiger partial charge >= 0.3 is 5.97 Å². The molecule has 1 fully saturated rings. The molecule has 0 radical (unpaired) electrons. The van der Waals surface area contributed by atoms with Gasteiger partial charge in [0.15, 0.2) is 0 Å². The number of ketones is 1. The fourth-order valence-electron chi connectivity index (χ4n) is 1.81. The summed E-state index contributed by atoms with van der Waals surface area (Å²) in [5, 5.41) is 0. The molecule has 0 aromatic heterocycles. The highest BCUT2D eigenvalue weighted by Gasteiger charge is 2.29. The van der Waals surface area contributed by atoms with E-state index in [0.29, 0.717) is 12.8 Å². The maximum atomic E-state index is 10.9. The van der Waals surface area contributed by atoms with Gasteiger partial charge in [0.1, 0.15) is 11.9 Å². The van der Waals surface area contributed by atoms with Gasteiger partial charge in [-0.05, 0) is 33.6 Å². The van der Waals surface area contributed by atoms with Crippen molar-refractivity contribution in [2.24, 2.45) is 0 Å². The van der Waals surface area contributed by atoms with Gasteiger partial charge in [-0.1, -0.05) is 0 Å². The Morgan fingerprint density at radius 1 is 1.56 bits per heavy atom. The molecule has 4 nitrogen and oxygen atoms in total. The van der Waals surface area contributed by atoms with E-state index in [9.17, 15) is 9.59 Å². The Balaban J connectivity index is 2.25. The Morgan fingerprint density at radius 2 is 2.25 bits per heavy atom. The van der Waals surface area contributed by atoms with E-state index in [1.54, 1.807) is 6.92 Å². The number of hydrogen-bond acceptors (Lipinski definition) is 4. The van der Waals surface area contributed by atoms with Crippen LogP contribution in [0.3, 0.4) is 0 Å².